The van der Waals surface area contributed by atoms with E-state index in [4.69, 9.17) is 9.47 Å². The summed E-state index contributed by atoms with van der Waals surface area (Å²) in [6.07, 6.45) is -0.0167. The maximum atomic E-state index is 13.5. The molecule has 3 aromatic carbocycles. The van der Waals surface area contributed by atoms with Gasteiger partial charge < -0.3 is 19.7 Å². The Kier molecular flexibility index (Phi) is 7.51. The summed E-state index contributed by atoms with van der Waals surface area (Å²) in [7, 11) is 0. The molecule has 2 aliphatic heterocycles. The minimum Gasteiger partial charge on any atom is -0.487 e. The second-order valence-electron chi connectivity index (χ2n) is 9.71. The van der Waals surface area contributed by atoms with Crippen LogP contribution in [0.2, 0.25) is 0 Å². The lowest BCUT2D eigenvalue weighted by Crippen LogP contribution is -2.48. The maximum Gasteiger partial charge on any atom is 0.126 e. The average Bonchev–Trinajstić information content (AvgIpc) is 2.88. The molecule has 5 rings (SSSR count). The average molecular weight is 496 g/mol. The molecule has 0 aromatic heterocycles. The van der Waals surface area contributed by atoms with E-state index in [1.807, 2.05) is 35.2 Å². The first-order valence-electron chi connectivity index (χ1n) is 12.5. The van der Waals surface area contributed by atoms with Crippen LogP contribution in [0, 0.1) is 11.6 Å². The molecular formula is C29H31F2NO4. The molecular weight excluding hydrogens is 464 g/mol. The van der Waals surface area contributed by atoms with Crippen LogP contribution in [0.1, 0.15) is 29.5 Å². The monoisotopic (exact) mass is 495 g/mol. The summed E-state index contributed by atoms with van der Waals surface area (Å²) in [5.41, 5.74) is 2.68. The van der Waals surface area contributed by atoms with E-state index in [0.29, 0.717) is 56.8 Å². The van der Waals surface area contributed by atoms with Crippen molar-refractivity contribution in [2.75, 3.05) is 13.1 Å². The summed E-state index contributed by atoms with van der Waals surface area (Å²) in [5, 5.41) is 22.2. The van der Waals surface area contributed by atoms with E-state index in [1.165, 1.54) is 24.3 Å². The van der Waals surface area contributed by atoms with Gasteiger partial charge in [0.05, 0.1) is 0 Å². The van der Waals surface area contributed by atoms with Gasteiger partial charge in [0.2, 0.25) is 0 Å². The van der Waals surface area contributed by atoms with Gasteiger partial charge in [-0.15, -0.1) is 0 Å². The van der Waals surface area contributed by atoms with Crippen molar-refractivity contribution < 1.29 is 28.5 Å². The first kappa shape index (κ1) is 24.7. The SMILES string of the molecule is O[C@@H](CN(Cc1ccccc1)C[C@H](O)[C@H]1CCc2cc(F)ccc2O1)C1CCc2cc(F)ccc2O1. The molecule has 0 saturated heterocycles. The quantitative estimate of drug-likeness (QED) is 0.489. The highest BCUT2D eigenvalue weighted by molar-refractivity contribution is 5.37. The minimum atomic E-state index is -0.796. The predicted molar refractivity (Wildman–Crippen MR) is 132 cm³/mol. The zero-order chi connectivity index (χ0) is 25.1. The van der Waals surface area contributed by atoms with Gasteiger partial charge in [-0.2, -0.15) is 0 Å². The molecule has 7 heteroatoms. The lowest BCUT2D eigenvalue weighted by atomic mass is 9.97. The topological polar surface area (TPSA) is 62.2 Å². The lowest BCUT2D eigenvalue weighted by molar-refractivity contribution is -0.0295. The van der Waals surface area contributed by atoms with E-state index in [0.717, 1.165) is 16.7 Å². The van der Waals surface area contributed by atoms with Gasteiger partial charge in [0, 0.05) is 19.6 Å². The van der Waals surface area contributed by atoms with Crippen molar-refractivity contribution in [3.05, 3.63) is 95.1 Å². The Balaban J connectivity index is 1.26. The van der Waals surface area contributed by atoms with Gasteiger partial charge in [-0.25, -0.2) is 8.78 Å². The van der Waals surface area contributed by atoms with Gasteiger partial charge in [0.15, 0.2) is 0 Å². The summed E-state index contributed by atoms with van der Waals surface area (Å²) in [6, 6.07) is 18.8. The second-order valence-corrected chi connectivity index (χ2v) is 9.71. The molecule has 4 atom stereocenters. The number of aryl methyl sites for hydroxylation is 2. The fraction of sp³-hybridized carbons (Fsp3) is 0.379. The Morgan fingerprint density at radius 1 is 0.750 bits per heavy atom. The summed E-state index contributed by atoms with van der Waals surface area (Å²) >= 11 is 0. The number of rotatable bonds is 8. The number of aliphatic hydroxyl groups excluding tert-OH is 2. The van der Waals surface area contributed by atoms with Crippen LogP contribution in [-0.2, 0) is 19.4 Å². The number of hydrogen-bond acceptors (Lipinski definition) is 5. The minimum absolute atomic E-state index is 0.293. The Morgan fingerprint density at radius 3 is 1.75 bits per heavy atom. The number of hydrogen-bond donors (Lipinski definition) is 2. The molecule has 0 radical (unpaired) electrons. The van der Waals surface area contributed by atoms with Crippen LogP contribution < -0.4 is 9.47 Å². The molecule has 2 aliphatic rings. The summed E-state index contributed by atoms with van der Waals surface area (Å²) in [5.74, 6) is 0.619. The van der Waals surface area contributed by atoms with Gasteiger partial charge in [0.25, 0.3) is 0 Å². The molecule has 5 nitrogen and oxygen atoms in total. The van der Waals surface area contributed by atoms with Gasteiger partial charge >= 0.3 is 0 Å². The first-order chi connectivity index (χ1) is 17.4. The molecule has 0 fully saturated rings. The molecule has 36 heavy (non-hydrogen) atoms. The summed E-state index contributed by atoms with van der Waals surface area (Å²) in [6.45, 7) is 1.13. The predicted octanol–water partition coefficient (Wildman–Crippen LogP) is 4.28. The first-order valence-corrected chi connectivity index (χ1v) is 12.5. The van der Waals surface area contributed by atoms with Gasteiger partial charge in [-0.1, -0.05) is 30.3 Å². The van der Waals surface area contributed by atoms with Crippen molar-refractivity contribution >= 4 is 0 Å². The third-order valence-electron chi connectivity index (χ3n) is 7.00. The zero-order valence-corrected chi connectivity index (χ0v) is 20.0. The largest absolute Gasteiger partial charge is 0.487 e. The normalized spacial score (nSPS) is 20.6. The molecule has 2 N–H and O–H groups in total. The van der Waals surface area contributed by atoms with Crippen molar-refractivity contribution in [3.63, 3.8) is 0 Å². The van der Waals surface area contributed by atoms with Crippen LogP contribution >= 0.6 is 0 Å². The van der Waals surface area contributed by atoms with Crippen LogP contribution in [-0.4, -0.2) is 52.6 Å². The third kappa shape index (κ3) is 5.86. The smallest absolute Gasteiger partial charge is 0.126 e. The fourth-order valence-corrected chi connectivity index (χ4v) is 5.11. The maximum absolute atomic E-state index is 13.5. The van der Waals surface area contributed by atoms with Crippen LogP contribution in [0.25, 0.3) is 0 Å². The Morgan fingerprint density at radius 2 is 1.25 bits per heavy atom. The third-order valence-corrected chi connectivity index (χ3v) is 7.00. The number of benzene rings is 3. The van der Waals surface area contributed by atoms with Crippen molar-refractivity contribution in [2.45, 2.75) is 56.6 Å². The number of aliphatic hydroxyl groups is 2. The molecule has 0 amide bonds. The van der Waals surface area contributed by atoms with Crippen molar-refractivity contribution in [1.82, 2.24) is 4.90 Å². The molecule has 1 unspecified atom stereocenters. The van der Waals surface area contributed by atoms with Crippen LogP contribution in [0.5, 0.6) is 11.5 Å². The Bertz CT molecular complexity index is 1100. The number of halogens is 2. The second kappa shape index (κ2) is 10.9. The van der Waals surface area contributed by atoms with Crippen LogP contribution in [0.4, 0.5) is 8.78 Å². The number of fused-ring (bicyclic) bond motifs is 2. The van der Waals surface area contributed by atoms with Gasteiger partial charge in [-0.05, 0) is 78.8 Å². The molecule has 0 aliphatic carbocycles. The van der Waals surface area contributed by atoms with Gasteiger partial charge in [-0.3, -0.25) is 4.90 Å². The molecule has 0 saturated carbocycles. The fourth-order valence-electron chi connectivity index (χ4n) is 5.11. The van der Waals surface area contributed by atoms with Crippen LogP contribution in [0.15, 0.2) is 66.7 Å². The van der Waals surface area contributed by atoms with E-state index in [-0.39, 0.29) is 11.6 Å². The van der Waals surface area contributed by atoms with E-state index in [9.17, 15) is 19.0 Å². The highest BCUT2D eigenvalue weighted by Crippen LogP contribution is 2.31. The zero-order valence-electron chi connectivity index (χ0n) is 20.0. The van der Waals surface area contributed by atoms with Gasteiger partial charge in [0.1, 0.15) is 47.5 Å². The highest BCUT2D eigenvalue weighted by Gasteiger charge is 2.32. The molecule has 3 aromatic rings. The Hall–Kier alpha value is -3.00. The molecule has 2 heterocycles. The molecule has 190 valence electrons. The number of ether oxygens (including phenoxy) is 2. The Labute approximate surface area is 209 Å². The van der Waals surface area contributed by atoms with E-state index in [1.54, 1.807) is 12.1 Å². The van der Waals surface area contributed by atoms with Crippen molar-refractivity contribution in [3.8, 4) is 11.5 Å². The van der Waals surface area contributed by atoms with E-state index >= 15 is 0 Å². The standard InChI is InChI=1S/C29H31F2NO4/c30-22-8-12-26-20(14-22)6-10-28(35-26)24(33)17-32(16-19-4-2-1-3-5-19)18-25(34)29-11-7-21-15-23(31)9-13-27(21)36-29/h1-5,8-9,12-15,24-25,28-29,33-34H,6-7,10-11,16-18H2/t24-,25-,28+,29?/m0/s1. The van der Waals surface area contributed by atoms with Crippen molar-refractivity contribution in [1.29, 1.82) is 0 Å². The van der Waals surface area contributed by atoms with E-state index < -0.39 is 24.4 Å². The summed E-state index contributed by atoms with van der Waals surface area (Å²) < 4.78 is 39.1. The lowest BCUT2D eigenvalue weighted by Gasteiger charge is -2.35. The van der Waals surface area contributed by atoms with E-state index in [2.05, 4.69) is 0 Å². The summed E-state index contributed by atoms with van der Waals surface area (Å²) in [4.78, 5) is 2.01. The number of nitrogens with zero attached hydrogens (tertiary/aromatic N) is 1. The highest BCUT2D eigenvalue weighted by atomic mass is 19.1. The van der Waals surface area contributed by atoms with Crippen molar-refractivity contribution in [2.24, 2.45) is 0 Å². The molecule has 0 bridgehead atoms. The van der Waals surface area contributed by atoms with Crippen LogP contribution in [0.3, 0.4) is 0 Å². The molecule has 0 spiro atoms.